The molecule has 0 bridgehead atoms. The third-order valence-electron chi connectivity index (χ3n) is 1.32. The lowest BCUT2D eigenvalue weighted by atomic mass is 10.7. The molecular weight excluding hydrogens is 108 g/mol. The first kappa shape index (κ1) is 5.97. The summed E-state index contributed by atoms with van der Waals surface area (Å²) < 4.78 is 0. The van der Waals surface area contributed by atoms with Gasteiger partial charge < -0.3 is 15.4 Å². The minimum absolute atomic E-state index is 0.414. The quantitative estimate of drug-likeness (QED) is 0.442. The van der Waals surface area contributed by atoms with Crippen molar-refractivity contribution < 1.29 is 5.11 Å². The molecule has 0 aliphatic carbocycles. The van der Waals surface area contributed by atoms with Gasteiger partial charge in [-0.15, -0.1) is 0 Å². The van der Waals surface area contributed by atoms with Gasteiger partial charge in [0.05, 0.1) is 0 Å². The van der Waals surface area contributed by atoms with Crippen molar-refractivity contribution in [3.05, 3.63) is 5.21 Å². The SMILES string of the molecule is CN1CCN([O-])C1O. The molecular formula is C4H9N2O2-. The molecule has 1 atom stereocenters. The number of aliphatic hydroxyl groups excluding tert-OH is 1. The van der Waals surface area contributed by atoms with Crippen LogP contribution in [0.5, 0.6) is 0 Å². The van der Waals surface area contributed by atoms with E-state index in [9.17, 15) is 5.21 Å². The highest BCUT2D eigenvalue weighted by molar-refractivity contribution is 4.70. The Bertz CT molecular complexity index is 78.1. The van der Waals surface area contributed by atoms with Gasteiger partial charge in [0.25, 0.3) is 0 Å². The third kappa shape index (κ3) is 0.830. The highest BCUT2D eigenvalue weighted by atomic mass is 16.5. The maximum absolute atomic E-state index is 10.4. The van der Waals surface area contributed by atoms with Gasteiger partial charge in [-0.2, -0.15) is 0 Å². The van der Waals surface area contributed by atoms with Crippen LogP contribution >= 0.6 is 0 Å². The Kier molecular flexibility index (Phi) is 1.48. The zero-order valence-corrected chi connectivity index (χ0v) is 4.74. The molecule has 1 saturated heterocycles. The lowest BCUT2D eigenvalue weighted by Crippen LogP contribution is -2.32. The van der Waals surface area contributed by atoms with E-state index in [1.807, 2.05) is 0 Å². The third-order valence-corrected chi connectivity index (χ3v) is 1.32. The van der Waals surface area contributed by atoms with Crippen LogP contribution in [-0.4, -0.2) is 41.6 Å². The maximum atomic E-state index is 10.4. The van der Waals surface area contributed by atoms with Crippen LogP contribution in [0.4, 0.5) is 0 Å². The normalized spacial score (nSPS) is 34.1. The monoisotopic (exact) mass is 117 g/mol. The molecule has 0 aromatic heterocycles. The van der Waals surface area contributed by atoms with Crippen molar-refractivity contribution in [1.82, 2.24) is 9.96 Å². The first-order chi connectivity index (χ1) is 3.72. The summed E-state index contributed by atoms with van der Waals surface area (Å²) in [6, 6.07) is 0. The van der Waals surface area contributed by atoms with Crippen LogP contribution in [0.1, 0.15) is 0 Å². The van der Waals surface area contributed by atoms with Crippen molar-refractivity contribution in [3.8, 4) is 0 Å². The molecule has 0 radical (unpaired) electrons. The van der Waals surface area contributed by atoms with Crippen molar-refractivity contribution in [2.45, 2.75) is 6.35 Å². The molecule has 4 heteroatoms. The Hall–Kier alpha value is -0.160. The molecule has 1 N–H and O–H groups in total. The number of rotatable bonds is 0. The van der Waals surface area contributed by atoms with Gasteiger partial charge in [0, 0.05) is 13.1 Å². The summed E-state index contributed by atoms with van der Waals surface area (Å²) >= 11 is 0. The lowest BCUT2D eigenvalue weighted by Gasteiger charge is -2.27. The van der Waals surface area contributed by atoms with E-state index < -0.39 is 6.35 Å². The Morgan fingerprint density at radius 1 is 1.62 bits per heavy atom. The molecule has 4 nitrogen and oxygen atoms in total. The van der Waals surface area contributed by atoms with Gasteiger partial charge in [-0.1, -0.05) is 0 Å². The van der Waals surface area contributed by atoms with Crippen LogP contribution in [0.15, 0.2) is 0 Å². The van der Waals surface area contributed by atoms with Crippen molar-refractivity contribution in [2.24, 2.45) is 0 Å². The highest BCUT2D eigenvalue weighted by Crippen LogP contribution is 2.05. The summed E-state index contributed by atoms with van der Waals surface area (Å²) in [5.41, 5.74) is 0. The standard InChI is InChI=1S/C4H9N2O2/c1-5-2-3-6(8)4(5)7/h4,7H,2-3H2,1H3/q-1. The minimum Gasteiger partial charge on any atom is -0.782 e. The molecule has 1 heterocycles. The fourth-order valence-electron chi connectivity index (χ4n) is 0.707. The van der Waals surface area contributed by atoms with E-state index in [1.165, 1.54) is 0 Å². The number of hydrogen-bond donors (Lipinski definition) is 1. The average Bonchev–Trinajstić information content (AvgIpc) is 1.98. The van der Waals surface area contributed by atoms with E-state index in [2.05, 4.69) is 0 Å². The molecule has 1 rings (SSSR count). The molecule has 1 unspecified atom stereocenters. The zero-order chi connectivity index (χ0) is 6.15. The van der Waals surface area contributed by atoms with E-state index in [1.54, 1.807) is 11.9 Å². The van der Waals surface area contributed by atoms with Crippen LogP contribution in [-0.2, 0) is 0 Å². The summed E-state index contributed by atoms with van der Waals surface area (Å²) in [6.07, 6.45) is -0.907. The predicted octanol–water partition coefficient (Wildman–Crippen LogP) is -0.993. The number of likely N-dealkylation sites (N-methyl/N-ethyl adjacent to an activating group) is 1. The van der Waals surface area contributed by atoms with E-state index in [-0.39, 0.29) is 0 Å². The van der Waals surface area contributed by atoms with Gasteiger partial charge in [0.2, 0.25) is 0 Å². The molecule has 0 aromatic rings. The molecule has 0 amide bonds. The van der Waals surface area contributed by atoms with Crippen LogP contribution in [0, 0.1) is 5.21 Å². The molecule has 8 heavy (non-hydrogen) atoms. The number of nitrogens with zero attached hydrogens (tertiary/aromatic N) is 2. The molecule has 1 fully saturated rings. The second-order valence-corrected chi connectivity index (χ2v) is 1.97. The van der Waals surface area contributed by atoms with Gasteiger partial charge in [0.15, 0.2) is 6.35 Å². The average molecular weight is 117 g/mol. The van der Waals surface area contributed by atoms with Gasteiger partial charge in [0.1, 0.15) is 0 Å². The lowest BCUT2D eigenvalue weighted by molar-refractivity contribution is -0.0230. The van der Waals surface area contributed by atoms with Crippen LogP contribution < -0.4 is 0 Å². The largest absolute Gasteiger partial charge is 0.782 e. The number of hydrogen-bond acceptors (Lipinski definition) is 4. The van der Waals surface area contributed by atoms with Gasteiger partial charge >= 0.3 is 0 Å². The van der Waals surface area contributed by atoms with E-state index in [4.69, 9.17) is 5.11 Å². The van der Waals surface area contributed by atoms with E-state index in [0.29, 0.717) is 18.2 Å². The van der Waals surface area contributed by atoms with E-state index >= 15 is 0 Å². The minimum atomic E-state index is -0.907. The first-order valence-electron chi connectivity index (χ1n) is 2.54. The summed E-state index contributed by atoms with van der Waals surface area (Å²) in [5, 5.41) is 19.9. The topological polar surface area (TPSA) is 49.8 Å². The van der Waals surface area contributed by atoms with E-state index in [0.717, 1.165) is 0 Å². The summed E-state index contributed by atoms with van der Waals surface area (Å²) in [5.74, 6) is 0. The molecule has 48 valence electrons. The fourth-order valence-corrected chi connectivity index (χ4v) is 0.707. The van der Waals surface area contributed by atoms with Crippen LogP contribution in [0.25, 0.3) is 0 Å². The smallest absolute Gasteiger partial charge is 0.153 e. The van der Waals surface area contributed by atoms with Gasteiger partial charge in [-0.05, 0) is 7.05 Å². The van der Waals surface area contributed by atoms with Gasteiger partial charge in [-0.25, -0.2) is 0 Å². The molecule has 0 saturated carbocycles. The van der Waals surface area contributed by atoms with Crippen molar-refractivity contribution in [2.75, 3.05) is 20.1 Å². The number of hydroxylamine groups is 2. The second-order valence-electron chi connectivity index (χ2n) is 1.97. The van der Waals surface area contributed by atoms with Crippen molar-refractivity contribution >= 4 is 0 Å². The van der Waals surface area contributed by atoms with Crippen molar-refractivity contribution in [3.63, 3.8) is 0 Å². The fraction of sp³-hybridized carbons (Fsp3) is 1.00. The maximum Gasteiger partial charge on any atom is 0.153 e. The zero-order valence-electron chi connectivity index (χ0n) is 4.74. The molecule has 0 spiro atoms. The summed E-state index contributed by atoms with van der Waals surface area (Å²) in [6.45, 7) is 1.07. The van der Waals surface area contributed by atoms with Crippen LogP contribution in [0.2, 0.25) is 0 Å². The Balaban J connectivity index is 2.44. The predicted molar refractivity (Wildman–Crippen MR) is 28.7 cm³/mol. The summed E-state index contributed by atoms with van der Waals surface area (Å²) in [7, 11) is 1.71. The molecule has 1 aliphatic heterocycles. The number of aliphatic hydroxyl groups is 1. The second kappa shape index (κ2) is 1.99. The Morgan fingerprint density at radius 3 is 2.38 bits per heavy atom. The summed E-state index contributed by atoms with van der Waals surface area (Å²) in [4.78, 5) is 1.59. The first-order valence-corrected chi connectivity index (χ1v) is 2.54. The molecule has 1 aliphatic rings. The van der Waals surface area contributed by atoms with Crippen LogP contribution in [0.3, 0.4) is 0 Å². The Morgan fingerprint density at radius 2 is 2.25 bits per heavy atom. The van der Waals surface area contributed by atoms with Gasteiger partial charge in [-0.3, -0.25) is 4.90 Å². The Labute approximate surface area is 47.9 Å². The molecule has 0 aromatic carbocycles. The van der Waals surface area contributed by atoms with Crippen molar-refractivity contribution in [1.29, 1.82) is 0 Å². The highest BCUT2D eigenvalue weighted by Gasteiger charge is 2.18.